The van der Waals surface area contributed by atoms with E-state index in [0.29, 0.717) is 12.3 Å². The van der Waals surface area contributed by atoms with Gasteiger partial charge in [-0.25, -0.2) is 0 Å². The monoisotopic (exact) mass is 282 g/mol. The van der Waals surface area contributed by atoms with Crippen LogP contribution in [0.15, 0.2) is 48.5 Å². The lowest BCUT2D eigenvalue weighted by atomic mass is 10.1. The van der Waals surface area contributed by atoms with Crippen LogP contribution in [0.4, 0.5) is 5.69 Å². The molecule has 108 valence electrons. The first-order chi connectivity index (χ1) is 10.2. The zero-order valence-corrected chi connectivity index (χ0v) is 11.9. The van der Waals surface area contributed by atoms with E-state index in [1.165, 1.54) is 0 Å². The fourth-order valence-corrected chi connectivity index (χ4v) is 1.94. The second kappa shape index (κ2) is 7.32. The number of nitrogens with one attached hydrogen (secondary N) is 1. The van der Waals surface area contributed by atoms with Crippen molar-refractivity contribution in [2.75, 3.05) is 5.32 Å². The summed E-state index contributed by atoms with van der Waals surface area (Å²) in [6, 6.07) is 17.3. The van der Waals surface area contributed by atoms with Crippen LogP contribution in [-0.4, -0.2) is 11.2 Å². The lowest BCUT2D eigenvalue weighted by Gasteiger charge is -2.11. The molecule has 1 unspecified atom stereocenters. The third kappa shape index (κ3) is 4.23. The van der Waals surface area contributed by atoms with Gasteiger partial charge < -0.3 is 15.2 Å². The summed E-state index contributed by atoms with van der Waals surface area (Å²) in [6.07, 6.45) is -0.453. The van der Waals surface area contributed by atoms with Gasteiger partial charge in [0.1, 0.15) is 11.8 Å². The molecule has 0 aliphatic rings. The maximum Gasteiger partial charge on any atom is 0.181 e. The van der Waals surface area contributed by atoms with Gasteiger partial charge >= 0.3 is 0 Å². The van der Waals surface area contributed by atoms with E-state index in [0.717, 1.165) is 16.8 Å². The summed E-state index contributed by atoms with van der Waals surface area (Å²) in [5.41, 5.74) is 2.90. The zero-order valence-electron chi connectivity index (χ0n) is 11.9. The summed E-state index contributed by atoms with van der Waals surface area (Å²) in [5, 5.41) is 21.3. The highest BCUT2D eigenvalue weighted by molar-refractivity contribution is 5.51. The van der Waals surface area contributed by atoms with Gasteiger partial charge in [0.05, 0.1) is 6.61 Å². The van der Waals surface area contributed by atoms with Gasteiger partial charge in [-0.3, -0.25) is 0 Å². The van der Waals surface area contributed by atoms with Gasteiger partial charge in [-0.05, 0) is 30.7 Å². The number of hydrogen-bond donors (Lipinski definition) is 2. The summed E-state index contributed by atoms with van der Waals surface area (Å²) in [6.45, 7) is 2.38. The lowest BCUT2D eigenvalue weighted by Crippen LogP contribution is -2.08. The molecule has 0 radical (unpaired) electrons. The Morgan fingerprint density at radius 2 is 1.90 bits per heavy atom. The third-order valence-corrected chi connectivity index (χ3v) is 3.09. The van der Waals surface area contributed by atoms with Gasteiger partial charge in [-0.1, -0.05) is 30.3 Å². The van der Waals surface area contributed by atoms with Crippen LogP contribution in [0.1, 0.15) is 18.1 Å². The molecule has 0 aliphatic heterocycles. The molecule has 2 aromatic carbocycles. The Labute approximate surface area is 124 Å². The molecule has 2 rings (SSSR count). The van der Waals surface area contributed by atoms with Crippen molar-refractivity contribution < 1.29 is 9.84 Å². The number of benzene rings is 2. The highest BCUT2D eigenvalue weighted by atomic mass is 16.5. The smallest absolute Gasteiger partial charge is 0.181 e. The zero-order chi connectivity index (χ0) is 15.1. The van der Waals surface area contributed by atoms with Crippen molar-refractivity contribution in [1.82, 2.24) is 0 Å². The molecule has 0 fully saturated rings. The normalized spacial score (nSPS) is 11.5. The molecule has 0 aromatic heterocycles. The molecule has 0 heterocycles. The Balaban J connectivity index is 1.96. The van der Waals surface area contributed by atoms with E-state index in [4.69, 9.17) is 10.00 Å². The molecule has 0 saturated heterocycles. The lowest BCUT2D eigenvalue weighted by molar-refractivity contribution is 0.276. The fraction of sp³-hybridized carbons (Fsp3) is 0.235. The van der Waals surface area contributed by atoms with Crippen molar-refractivity contribution in [3.8, 4) is 11.8 Å². The maximum atomic E-state index is 9.28. The molecule has 0 saturated carbocycles. The first-order valence-corrected chi connectivity index (χ1v) is 6.81. The summed E-state index contributed by atoms with van der Waals surface area (Å²) in [7, 11) is 0. The van der Waals surface area contributed by atoms with Gasteiger partial charge in [0, 0.05) is 17.8 Å². The minimum absolute atomic E-state index is 0.0159. The van der Waals surface area contributed by atoms with Crippen molar-refractivity contribution in [2.24, 2.45) is 0 Å². The number of hydrogen-bond acceptors (Lipinski definition) is 4. The van der Waals surface area contributed by atoms with E-state index < -0.39 is 6.10 Å². The van der Waals surface area contributed by atoms with Gasteiger partial charge in [0.2, 0.25) is 0 Å². The molecule has 0 bridgehead atoms. The van der Waals surface area contributed by atoms with E-state index in [1.54, 1.807) is 6.92 Å². The number of nitriles is 1. The number of ether oxygens (including phenoxy) is 1. The second-order valence-electron chi connectivity index (χ2n) is 4.70. The number of nitrogens with zero attached hydrogens (tertiary/aromatic N) is 1. The molecule has 4 heteroatoms. The van der Waals surface area contributed by atoms with Crippen LogP contribution in [0, 0.1) is 11.3 Å². The topological polar surface area (TPSA) is 65.3 Å². The van der Waals surface area contributed by atoms with Crippen LogP contribution in [0.5, 0.6) is 5.75 Å². The molecule has 21 heavy (non-hydrogen) atoms. The quantitative estimate of drug-likeness (QED) is 0.854. The van der Waals surface area contributed by atoms with Crippen molar-refractivity contribution in [1.29, 1.82) is 5.26 Å². The van der Waals surface area contributed by atoms with Crippen LogP contribution in [0.25, 0.3) is 0 Å². The Kier molecular flexibility index (Phi) is 5.19. The predicted octanol–water partition coefficient (Wildman–Crippen LogP) is 3.08. The molecule has 0 amide bonds. The van der Waals surface area contributed by atoms with Crippen molar-refractivity contribution >= 4 is 5.69 Å². The summed E-state index contributed by atoms with van der Waals surface area (Å²) in [4.78, 5) is 0. The standard InChI is InChI=1S/C17H18N2O2/c1-13(10-18)21-16-8-6-14(7-9-16)11-19-17-5-3-2-4-15(17)12-20/h2-9,13,19-20H,11-12H2,1H3. The Morgan fingerprint density at radius 3 is 2.57 bits per heavy atom. The van der Waals surface area contributed by atoms with E-state index >= 15 is 0 Å². The van der Waals surface area contributed by atoms with Crippen molar-refractivity contribution in [3.63, 3.8) is 0 Å². The molecule has 0 spiro atoms. The third-order valence-electron chi connectivity index (χ3n) is 3.09. The van der Waals surface area contributed by atoms with Gasteiger partial charge in [0.25, 0.3) is 0 Å². The van der Waals surface area contributed by atoms with Crippen LogP contribution in [0.3, 0.4) is 0 Å². The minimum Gasteiger partial charge on any atom is -0.476 e. The van der Waals surface area contributed by atoms with Crippen LogP contribution < -0.4 is 10.1 Å². The number of para-hydroxylation sites is 1. The molecule has 1 atom stereocenters. The van der Waals surface area contributed by atoms with Gasteiger partial charge in [0.15, 0.2) is 6.10 Å². The largest absolute Gasteiger partial charge is 0.476 e. The maximum absolute atomic E-state index is 9.28. The molecular weight excluding hydrogens is 264 g/mol. The molecule has 0 aliphatic carbocycles. The van der Waals surface area contributed by atoms with Crippen molar-refractivity contribution in [3.05, 3.63) is 59.7 Å². The molecule has 2 N–H and O–H groups in total. The first-order valence-electron chi connectivity index (χ1n) is 6.81. The van der Waals surface area contributed by atoms with Gasteiger partial charge in [-0.2, -0.15) is 5.26 Å². The Hall–Kier alpha value is -2.51. The fourth-order valence-electron chi connectivity index (χ4n) is 1.94. The minimum atomic E-state index is -0.453. The molecule has 4 nitrogen and oxygen atoms in total. The van der Waals surface area contributed by atoms with Gasteiger partial charge in [-0.15, -0.1) is 0 Å². The summed E-state index contributed by atoms with van der Waals surface area (Å²) in [5.74, 6) is 0.684. The number of aliphatic hydroxyl groups is 1. The van der Waals surface area contributed by atoms with Crippen molar-refractivity contribution in [2.45, 2.75) is 26.2 Å². The van der Waals surface area contributed by atoms with E-state index in [1.807, 2.05) is 54.6 Å². The van der Waals surface area contributed by atoms with E-state index in [9.17, 15) is 5.11 Å². The average molecular weight is 282 g/mol. The van der Waals surface area contributed by atoms with E-state index in [-0.39, 0.29) is 6.61 Å². The van der Waals surface area contributed by atoms with Crippen LogP contribution >= 0.6 is 0 Å². The van der Waals surface area contributed by atoms with E-state index in [2.05, 4.69) is 5.32 Å². The predicted molar refractivity (Wildman–Crippen MR) is 81.8 cm³/mol. The van der Waals surface area contributed by atoms with Crippen LogP contribution in [0.2, 0.25) is 0 Å². The summed E-state index contributed by atoms with van der Waals surface area (Å²) < 4.78 is 5.40. The SMILES string of the molecule is CC(C#N)Oc1ccc(CNc2ccccc2CO)cc1. The highest BCUT2D eigenvalue weighted by Gasteiger charge is 2.03. The number of anilines is 1. The Morgan fingerprint density at radius 1 is 1.19 bits per heavy atom. The average Bonchev–Trinajstić information content (AvgIpc) is 2.54. The molecular formula is C17H18N2O2. The Bertz CT molecular complexity index is 617. The first kappa shape index (κ1) is 14.9. The second-order valence-corrected chi connectivity index (χ2v) is 4.70. The summed E-state index contributed by atoms with van der Waals surface area (Å²) >= 11 is 0. The van der Waals surface area contributed by atoms with Crippen LogP contribution in [-0.2, 0) is 13.2 Å². The molecule has 2 aromatic rings. The highest BCUT2D eigenvalue weighted by Crippen LogP contribution is 2.18. The number of aliphatic hydroxyl groups excluding tert-OH is 1. The number of rotatable bonds is 6.